The minimum absolute atomic E-state index is 0.0363. The lowest BCUT2D eigenvalue weighted by Gasteiger charge is -2.38. The van der Waals surface area contributed by atoms with Crippen LogP contribution in [0.3, 0.4) is 0 Å². The van der Waals surface area contributed by atoms with Gasteiger partial charge in [-0.2, -0.15) is 0 Å². The van der Waals surface area contributed by atoms with Crippen LogP contribution in [0.25, 0.3) is 49.1 Å². The van der Waals surface area contributed by atoms with E-state index in [1.54, 1.807) is 0 Å². The first kappa shape index (κ1) is 27.1. The van der Waals surface area contributed by atoms with Crippen molar-refractivity contribution in [1.29, 1.82) is 0 Å². The summed E-state index contributed by atoms with van der Waals surface area (Å²) in [6.07, 6.45) is 6.57. The summed E-state index contributed by atoms with van der Waals surface area (Å²) in [7, 11) is 0. The minimum Gasteiger partial charge on any atom is -0.482 e. The first-order valence-corrected chi connectivity index (χ1v) is 16.2. The van der Waals surface area contributed by atoms with Gasteiger partial charge in [0.2, 0.25) is 0 Å². The molecule has 0 N–H and O–H groups in total. The highest BCUT2D eigenvalue weighted by molar-refractivity contribution is 6.23. The molecule has 0 amide bonds. The summed E-state index contributed by atoms with van der Waals surface area (Å²) < 4.78 is 13.8. The first-order chi connectivity index (χ1) is 22.4. The van der Waals surface area contributed by atoms with E-state index in [-0.39, 0.29) is 17.6 Å². The fraction of sp³-hybridized carbons (Fsp3) is 0.163. The molecule has 2 unspecified atom stereocenters. The maximum Gasteiger partial charge on any atom is 0.149 e. The zero-order valence-electron chi connectivity index (χ0n) is 26.5. The average Bonchev–Trinajstić information content (AvgIpc) is 3.62. The van der Waals surface area contributed by atoms with E-state index in [1.807, 2.05) is 0 Å². The van der Waals surface area contributed by atoms with Crippen molar-refractivity contribution in [3.05, 3.63) is 144 Å². The summed E-state index contributed by atoms with van der Waals surface area (Å²) in [4.78, 5) is 2.48. The molecule has 0 bridgehead atoms. The van der Waals surface area contributed by atoms with Crippen molar-refractivity contribution in [2.45, 2.75) is 45.3 Å². The highest BCUT2D eigenvalue weighted by atomic mass is 16.5. The summed E-state index contributed by atoms with van der Waals surface area (Å²) in [5, 5.41) is 7.06. The number of anilines is 2. The summed E-state index contributed by atoms with van der Waals surface area (Å²) in [5.41, 5.74) is 8.89. The molecule has 0 saturated heterocycles. The summed E-state index contributed by atoms with van der Waals surface area (Å²) >= 11 is 0. The molecule has 9 rings (SSSR count). The Morgan fingerprint density at radius 3 is 2.22 bits per heavy atom. The molecule has 0 fully saturated rings. The van der Waals surface area contributed by atoms with Gasteiger partial charge in [0.05, 0.1) is 11.7 Å². The number of ether oxygens (including phenoxy) is 1. The number of fused-ring (bicyclic) bond motifs is 9. The molecular weight excluding hydrogens is 562 g/mol. The zero-order valence-corrected chi connectivity index (χ0v) is 26.5. The molecule has 46 heavy (non-hydrogen) atoms. The number of aryl methyl sites for hydroxylation is 1. The standard InChI is InChI=1S/C43H35NO2/c1-26-13-5-10-21-35(26)44(36-22-12-19-32-31-18-11-20-34(43(2,3)4)41(31)46-42(32)36)37-25-39-40(30-17-9-8-16-29(30)37)33-23-27-14-6-7-15-28(27)24-38(33)45-39/h5-25,36,42H,1-4H3. The lowest BCUT2D eigenvalue weighted by molar-refractivity contribution is 0.253. The molecule has 1 aliphatic heterocycles. The van der Waals surface area contributed by atoms with E-state index in [9.17, 15) is 0 Å². The van der Waals surface area contributed by atoms with Crippen LogP contribution in [0.2, 0.25) is 0 Å². The summed E-state index contributed by atoms with van der Waals surface area (Å²) in [6, 6.07) is 39.2. The van der Waals surface area contributed by atoms with Crippen LogP contribution in [0.15, 0.2) is 132 Å². The molecule has 2 atom stereocenters. The number of hydrogen-bond donors (Lipinski definition) is 0. The van der Waals surface area contributed by atoms with Gasteiger partial charge in [-0.3, -0.25) is 0 Å². The van der Waals surface area contributed by atoms with E-state index in [0.717, 1.165) is 39.1 Å². The maximum atomic E-state index is 7.05. The van der Waals surface area contributed by atoms with Gasteiger partial charge in [0, 0.05) is 44.6 Å². The van der Waals surface area contributed by atoms with Gasteiger partial charge in [-0.15, -0.1) is 0 Å². The number of para-hydroxylation sites is 2. The summed E-state index contributed by atoms with van der Waals surface area (Å²) in [6.45, 7) is 8.97. The first-order valence-electron chi connectivity index (χ1n) is 16.2. The molecule has 3 nitrogen and oxygen atoms in total. The Balaban J connectivity index is 1.29. The molecule has 1 aromatic heterocycles. The van der Waals surface area contributed by atoms with Gasteiger partial charge in [0.15, 0.2) is 0 Å². The van der Waals surface area contributed by atoms with Crippen LogP contribution in [0.5, 0.6) is 5.75 Å². The van der Waals surface area contributed by atoms with Crippen molar-refractivity contribution in [2.24, 2.45) is 0 Å². The highest BCUT2D eigenvalue weighted by Crippen LogP contribution is 2.50. The Morgan fingerprint density at radius 1 is 0.674 bits per heavy atom. The normalized spacial score (nSPS) is 17.3. The molecule has 1 aliphatic carbocycles. The van der Waals surface area contributed by atoms with E-state index in [2.05, 4.69) is 160 Å². The highest BCUT2D eigenvalue weighted by Gasteiger charge is 2.41. The van der Waals surface area contributed by atoms with Gasteiger partial charge in [-0.05, 0) is 52.3 Å². The molecular formula is C43H35NO2. The molecule has 2 aliphatic rings. The summed E-state index contributed by atoms with van der Waals surface area (Å²) in [5.74, 6) is 1.01. The number of nitrogens with zero attached hydrogens (tertiary/aromatic N) is 1. The van der Waals surface area contributed by atoms with Gasteiger partial charge in [0.1, 0.15) is 23.0 Å². The van der Waals surface area contributed by atoms with Crippen LogP contribution in [-0.4, -0.2) is 12.1 Å². The van der Waals surface area contributed by atoms with E-state index >= 15 is 0 Å². The molecule has 224 valence electrons. The quantitative estimate of drug-likeness (QED) is 0.203. The Morgan fingerprint density at radius 2 is 1.41 bits per heavy atom. The number of benzene rings is 6. The zero-order chi connectivity index (χ0) is 31.2. The molecule has 3 heteroatoms. The second-order valence-corrected chi connectivity index (χ2v) is 13.7. The fourth-order valence-electron chi connectivity index (χ4n) is 7.65. The van der Waals surface area contributed by atoms with Gasteiger partial charge in [-0.1, -0.05) is 124 Å². The lowest BCUT2D eigenvalue weighted by Crippen LogP contribution is -2.43. The third-order valence-electron chi connectivity index (χ3n) is 9.84. The molecule has 6 aromatic carbocycles. The van der Waals surface area contributed by atoms with Crippen LogP contribution in [0.1, 0.15) is 37.5 Å². The van der Waals surface area contributed by atoms with Crippen molar-refractivity contribution in [1.82, 2.24) is 0 Å². The van der Waals surface area contributed by atoms with Gasteiger partial charge >= 0.3 is 0 Å². The SMILES string of the molecule is Cc1ccccc1N(c1cc2oc3cc4ccccc4cc3c2c2ccccc12)C1C=CC=C2c3cccc(C(C)(C)C)c3OC21. The molecule has 2 heterocycles. The Hall–Kier alpha value is -5.28. The van der Waals surface area contributed by atoms with E-state index in [0.29, 0.717) is 0 Å². The van der Waals surface area contributed by atoms with Crippen molar-refractivity contribution >= 4 is 60.4 Å². The second-order valence-electron chi connectivity index (χ2n) is 13.7. The second kappa shape index (κ2) is 9.86. The molecule has 0 saturated carbocycles. The van der Waals surface area contributed by atoms with Crippen molar-refractivity contribution in [3.8, 4) is 5.75 Å². The number of rotatable bonds is 3. The predicted octanol–water partition coefficient (Wildman–Crippen LogP) is 11.4. The van der Waals surface area contributed by atoms with Crippen LogP contribution in [-0.2, 0) is 5.41 Å². The van der Waals surface area contributed by atoms with Crippen molar-refractivity contribution < 1.29 is 9.15 Å². The van der Waals surface area contributed by atoms with Crippen LogP contribution >= 0.6 is 0 Å². The topological polar surface area (TPSA) is 25.6 Å². The largest absolute Gasteiger partial charge is 0.482 e. The van der Waals surface area contributed by atoms with Crippen LogP contribution in [0.4, 0.5) is 11.4 Å². The molecule has 0 radical (unpaired) electrons. The number of hydrogen-bond acceptors (Lipinski definition) is 3. The number of furan rings is 1. The average molecular weight is 598 g/mol. The Kier molecular flexibility index (Phi) is 5.80. The predicted molar refractivity (Wildman–Crippen MR) is 193 cm³/mol. The third kappa shape index (κ3) is 3.98. The van der Waals surface area contributed by atoms with Crippen molar-refractivity contribution in [3.63, 3.8) is 0 Å². The Labute approximate surface area is 269 Å². The van der Waals surface area contributed by atoms with Crippen LogP contribution in [0, 0.1) is 6.92 Å². The van der Waals surface area contributed by atoms with Crippen LogP contribution < -0.4 is 9.64 Å². The minimum atomic E-state index is -0.168. The lowest BCUT2D eigenvalue weighted by atomic mass is 9.84. The smallest absolute Gasteiger partial charge is 0.149 e. The van der Waals surface area contributed by atoms with Gasteiger partial charge in [-0.25, -0.2) is 0 Å². The van der Waals surface area contributed by atoms with E-state index in [1.165, 1.54) is 43.8 Å². The molecule has 7 aromatic rings. The van der Waals surface area contributed by atoms with Gasteiger partial charge < -0.3 is 14.1 Å². The fourth-order valence-corrected chi connectivity index (χ4v) is 7.65. The van der Waals surface area contributed by atoms with E-state index in [4.69, 9.17) is 9.15 Å². The van der Waals surface area contributed by atoms with E-state index < -0.39 is 0 Å². The van der Waals surface area contributed by atoms with Crippen molar-refractivity contribution in [2.75, 3.05) is 4.90 Å². The maximum absolute atomic E-state index is 7.05. The monoisotopic (exact) mass is 597 g/mol. The third-order valence-corrected chi connectivity index (χ3v) is 9.84. The Bertz CT molecular complexity index is 2420. The molecule has 0 spiro atoms. The number of allylic oxidation sites excluding steroid dienone is 2. The van der Waals surface area contributed by atoms with Gasteiger partial charge in [0.25, 0.3) is 0 Å².